The molecule has 0 spiro atoms. The van der Waals surface area contributed by atoms with E-state index in [4.69, 9.17) is 9.84 Å². The number of aryl methyl sites for hydroxylation is 1. The maximum atomic E-state index is 11.0. The zero-order valence-electron chi connectivity index (χ0n) is 11.9. The molecule has 2 aromatic rings. The number of anilines is 1. The van der Waals surface area contributed by atoms with Crippen LogP contribution in [0.2, 0.25) is 0 Å². The molecule has 6 nitrogen and oxygen atoms in total. The van der Waals surface area contributed by atoms with Gasteiger partial charge in [0.15, 0.2) is 5.69 Å². The Balaban J connectivity index is 2.24. The van der Waals surface area contributed by atoms with Gasteiger partial charge in [-0.2, -0.15) is 0 Å². The summed E-state index contributed by atoms with van der Waals surface area (Å²) in [6, 6.07) is 4.99. The molecule has 0 aliphatic carbocycles. The van der Waals surface area contributed by atoms with Crippen molar-refractivity contribution >= 4 is 23.1 Å². The summed E-state index contributed by atoms with van der Waals surface area (Å²) < 4.78 is 5.12. The van der Waals surface area contributed by atoms with Gasteiger partial charge >= 0.3 is 5.97 Å². The van der Waals surface area contributed by atoms with E-state index < -0.39 is 5.97 Å². The highest BCUT2D eigenvalue weighted by Crippen LogP contribution is 2.19. The van der Waals surface area contributed by atoms with Crippen LogP contribution in [0.4, 0.5) is 5.82 Å². The quantitative estimate of drug-likeness (QED) is 0.845. The van der Waals surface area contributed by atoms with Gasteiger partial charge in [0, 0.05) is 18.5 Å². The summed E-state index contributed by atoms with van der Waals surface area (Å²) in [5.74, 6) is -0.405. The second kappa shape index (κ2) is 7.14. The molecule has 1 N–H and O–H groups in total. The molecule has 0 radical (unpaired) electrons. The fourth-order valence-electron chi connectivity index (χ4n) is 1.85. The van der Waals surface area contributed by atoms with Gasteiger partial charge in [0.25, 0.3) is 0 Å². The second-order valence-corrected chi connectivity index (χ2v) is 5.40. The van der Waals surface area contributed by atoms with Crippen LogP contribution in [0.15, 0.2) is 23.7 Å². The third kappa shape index (κ3) is 3.99. The molecular weight excluding hydrogens is 290 g/mol. The summed E-state index contributed by atoms with van der Waals surface area (Å²) in [6.07, 6.45) is 0. The van der Waals surface area contributed by atoms with Gasteiger partial charge in [-0.3, -0.25) is 0 Å². The van der Waals surface area contributed by atoms with Crippen molar-refractivity contribution in [3.8, 4) is 0 Å². The number of pyridine rings is 1. The Hall–Kier alpha value is -1.99. The average molecular weight is 307 g/mol. The van der Waals surface area contributed by atoms with Crippen LogP contribution >= 0.6 is 11.3 Å². The highest BCUT2D eigenvalue weighted by Gasteiger charge is 2.14. The Morgan fingerprint density at radius 3 is 2.90 bits per heavy atom. The SMILES string of the molecule is COCCN(Cc1scnc1C)c1cccc(C(=O)O)n1. The van der Waals surface area contributed by atoms with Crippen molar-refractivity contribution in [2.45, 2.75) is 13.5 Å². The number of nitrogens with zero attached hydrogens (tertiary/aromatic N) is 3. The lowest BCUT2D eigenvalue weighted by molar-refractivity contribution is 0.0690. The van der Waals surface area contributed by atoms with Crippen molar-refractivity contribution in [1.29, 1.82) is 0 Å². The minimum atomic E-state index is -1.03. The van der Waals surface area contributed by atoms with Gasteiger partial charge < -0.3 is 14.7 Å². The number of aromatic carboxylic acids is 1. The minimum absolute atomic E-state index is 0.0379. The molecule has 7 heteroatoms. The normalized spacial score (nSPS) is 10.6. The van der Waals surface area contributed by atoms with Crippen LogP contribution in [0.5, 0.6) is 0 Å². The van der Waals surface area contributed by atoms with Crippen molar-refractivity contribution in [3.63, 3.8) is 0 Å². The van der Waals surface area contributed by atoms with Crippen molar-refractivity contribution < 1.29 is 14.6 Å². The Labute approximate surface area is 127 Å². The lowest BCUT2D eigenvalue weighted by Gasteiger charge is -2.23. The molecule has 0 aliphatic rings. The molecule has 2 rings (SSSR count). The third-order valence-electron chi connectivity index (χ3n) is 3.02. The zero-order valence-corrected chi connectivity index (χ0v) is 12.8. The molecular formula is C14H17N3O3S. The van der Waals surface area contributed by atoms with Crippen LogP contribution in [-0.2, 0) is 11.3 Å². The Morgan fingerprint density at radius 1 is 1.48 bits per heavy atom. The zero-order chi connectivity index (χ0) is 15.2. The highest BCUT2D eigenvalue weighted by atomic mass is 32.1. The first-order valence-corrected chi connectivity index (χ1v) is 7.33. The van der Waals surface area contributed by atoms with E-state index in [1.807, 2.05) is 11.8 Å². The minimum Gasteiger partial charge on any atom is -0.477 e. The average Bonchev–Trinajstić information content (AvgIpc) is 2.88. The van der Waals surface area contributed by atoms with Crippen LogP contribution in [0.25, 0.3) is 0 Å². The molecule has 0 bridgehead atoms. The van der Waals surface area contributed by atoms with Crippen molar-refractivity contribution in [3.05, 3.63) is 40.0 Å². The summed E-state index contributed by atoms with van der Waals surface area (Å²) >= 11 is 1.58. The molecule has 0 fully saturated rings. The number of hydrogen-bond donors (Lipinski definition) is 1. The maximum absolute atomic E-state index is 11.0. The van der Waals surface area contributed by atoms with E-state index in [2.05, 4.69) is 9.97 Å². The van der Waals surface area contributed by atoms with E-state index in [9.17, 15) is 4.79 Å². The van der Waals surface area contributed by atoms with Crippen LogP contribution < -0.4 is 4.90 Å². The van der Waals surface area contributed by atoms with Gasteiger partial charge in [0.05, 0.1) is 24.4 Å². The third-order valence-corrected chi connectivity index (χ3v) is 3.94. The first kappa shape index (κ1) is 15.4. The standard InChI is InChI=1S/C14H17N3O3S/c1-10-12(21-9-15-10)8-17(6-7-20-2)13-5-3-4-11(16-13)14(18)19/h3-5,9H,6-8H2,1-2H3,(H,18,19). The van der Waals surface area contributed by atoms with Crippen LogP contribution in [0, 0.1) is 6.92 Å². The largest absolute Gasteiger partial charge is 0.477 e. The van der Waals surface area contributed by atoms with E-state index in [-0.39, 0.29) is 5.69 Å². The first-order chi connectivity index (χ1) is 10.1. The number of aromatic nitrogens is 2. The van der Waals surface area contributed by atoms with Crippen molar-refractivity contribution in [1.82, 2.24) is 9.97 Å². The molecule has 0 aromatic carbocycles. The van der Waals surface area contributed by atoms with Crippen molar-refractivity contribution in [2.75, 3.05) is 25.2 Å². The summed E-state index contributed by atoms with van der Waals surface area (Å²) in [6.45, 7) is 3.76. The molecule has 2 heterocycles. The predicted octanol–water partition coefficient (Wildman–Crippen LogP) is 2.20. The summed E-state index contributed by atoms with van der Waals surface area (Å²) in [5, 5.41) is 9.05. The van der Waals surface area contributed by atoms with Crippen LogP contribution in [0.3, 0.4) is 0 Å². The number of carbonyl (C=O) groups is 1. The number of carboxylic acids is 1. The van der Waals surface area contributed by atoms with Gasteiger partial charge in [-0.05, 0) is 19.1 Å². The van der Waals surface area contributed by atoms with Gasteiger partial charge in [0.1, 0.15) is 5.82 Å². The number of hydrogen-bond acceptors (Lipinski definition) is 6. The van der Waals surface area contributed by atoms with Gasteiger partial charge in [-0.1, -0.05) is 6.07 Å². The van der Waals surface area contributed by atoms with Gasteiger partial charge in [-0.15, -0.1) is 11.3 Å². The molecule has 0 unspecified atom stereocenters. The molecule has 0 amide bonds. The van der Waals surface area contributed by atoms with Crippen LogP contribution in [0.1, 0.15) is 21.1 Å². The maximum Gasteiger partial charge on any atom is 0.354 e. The lowest BCUT2D eigenvalue weighted by Crippen LogP contribution is -2.28. The lowest BCUT2D eigenvalue weighted by atomic mass is 10.3. The van der Waals surface area contributed by atoms with Crippen LogP contribution in [-0.4, -0.2) is 41.3 Å². The molecule has 0 aliphatic heterocycles. The van der Waals surface area contributed by atoms with Gasteiger partial charge in [0.2, 0.25) is 0 Å². The van der Waals surface area contributed by atoms with E-state index in [1.54, 1.807) is 36.1 Å². The fourth-order valence-corrected chi connectivity index (χ4v) is 2.64. The molecule has 0 atom stereocenters. The van der Waals surface area contributed by atoms with Crippen molar-refractivity contribution in [2.24, 2.45) is 0 Å². The number of rotatable bonds is 7. The smallest absolute Gasteiger partial charge is 0.354 e. The van der Waals surface area contributed by atoms with Gasteiger partial charge in [-0.25, -0.2) is 14.8 Å². The fraction of sp³-hybridized carbons (Fsp3) is 0.357. The Bertz CT molecular complexity index is 615. The number of thiazole rings is 1. The predicted molar refractivity (Wildman–Crippen MR) is 81.0 cm³/mol. The van der Waals surface area contributed by atoms with E-state index in [0.717, 1.165) is 10.6 Å². The Kier molecular flexibility index (Phi) is 5.24. The number of carboxylic acid groups (broad SMARTS) is 1. The van der Waals surface area contributed by atoms with E-state index in [0.29, 0.717) is 25.5 Å². The number of ether oxygens (including phenoxy) is 1. The topological polar surface area (TPSA) is 75.5 Å². The number of methoxy groups -OCH3 is 1. The second-order valence-electron chi connectivity index (χ2n) is 4.46. The molecule has 0 saturated carbocycles. The summed E-state index contributed by atoms with van der Waals surface area (Å²) in [5.41, 5.74) is 2.83. The van der Waals surface area contributed by atoms with E-state index in [1.165, 1.54) is 6.07 Å². The monoisotopic (exact) mass is 307 g/mol. The molecule has 112 valence electrons. The first-order valence-electron chi connectivity index (χ1n) is 6.45. The van der Waals surface area contributed by atoms with E-state index >= 15 is 0 Å². The summed E-state index contributed by atoms with van der Waals surface area (Å²) in [7, 11) is 1.64. The summed E-state index contributed by atoms with van der Waals surface area (Å²) in [4.78, 5) is 22.6. The highest BCUT2D eigenvalue weighted by molar-refractivity contribution is 7.09. The molecule has 0 saturated heterocycles. The molecule has 21 heavy (non-hydrogen) atoms. The molecule has 2 aromatic heterocycles. The Morgan fingerprint density at radius 2 is 2.29 bits per heavy atom.